The number of benzene rings is 1. The van der Waals surface area contributed by atoms with Gasteiger partial charge in [-0.3, -0.25) is 0 Å². The van der Waals surface area contributed by atoms with Crippen LogP contribution in [-0.2, 0) is 6.54 Å². The highest BCUT2D eigenvalue weighted by molar-refractivity contribution is 5.18. The summed E-state index contributed by atoms with van der Waals surface area (Å²) in [6.07, 6.45) is 1.69. The van der Waals surface area contributed by atoms with Crippen LogP contribution in [0.2, 0.25) is 0 Å². The van der Waals surface area contributed by atoms with Crippen LogP contribution in [0.1, 0.15) is 32.3 Å². The monoisotopic (exact) mass is 243 g/mol. The van der Waals surface area contributed by atoms with Crippen molar-refractivity contribution in [1.29, 1.82) is 0 Å². The van der Waals surface area contributed by atoms with Crippen LogP contribution in [0.15, 0.2) is 18.2 Å². The Hall–Kier alpha value is -1.00. The van der Waals surface area contributed by atoms with Crippen molar-refractivity contribution in [1.82, 2.24) is 5.32 Å². The number of hydrogen-bond acceptors (Lipinski definition) is 2. The van der Waals surface area contributed by atoms with E-state index in [1.165, 1.54) is 6.07 Å². The maximum atomic E-state index is 13.4. The molecule has 0 bridgehead atoms. The molecule has 1 atom stereocenters. The summed E-state index contributed by atoms with van der Waals surface area (Å²) in [5.74, 6) is -0.889. The maximum absolute atomic E-state index is 13.4. The van der Waals surface area contributed by atoms with Crippen LogP contribution in [-0.4, -0.2) is 17.3 Å². The molecule has 1 aromatic rings. The van der Waals surface area contributed by atoms with Gasteiger partial charge in [0.1, 0.15) is 11.6 Å². The molecule has 96 valence electrons. The molecule has 0 amide bonds. The van der Waals surface area contributed by atoms with Crippen molar-refractivity contribution in [3.63, 3.8) is 0 Å². The van der Waals surface area contributed by atoms with E-state index in [9.17, 15) is 13.9 Å². The molecular formula is C13H19F2NO. The van der Waals surface area contributed by atoms with Gasteiger partial charge in [-0.1, -0.05) is 13.3 Å². The highest BCUT2D eigenvalue weighted by Gasteiger charge is 2.21. The fourth-order valence-corrected chi connectivity index (χ4v) is 1.76. The van der Waals surface area contributed by atoms with E-state index in [-0.39, 0.29) is 18.7 Å². The summed E-state index contributed by atoms with van der Waals surface area (Å²) in [6.45, 7) is 4.06. The van der Waals surface area contributed by atoms with Crippen molar-refractivity contribution in [2.24, 2.45) is 0 Å². The van der Waals surface area contributed by atoms with E-state index in [1.54, 1.807) is 0 Å². The first kappa shape index (κ1) is 14.1. The van der Waals surface area contributed by atoms with Gasteiger partial charge in [-0.25, -0.2) is 8.78 Å². The molecule has 17 heavy (non-hydrogen) atoms. The quantitative estimate of drug-likeness (QED) is 0.805. The minimum Gasteiger partial charge on any atom is -0.394 e. The molecule has 0 fully saturated rings. The normalized spacial score (nSPS) is 14.6. The second-order valence-corrected chi connectivity index (χ2v) is 4.56. The lowest BCUT2D eigenvalue weighted by Gasteiger charge is -2.28. The fourth-order valence-electron chi connectivity index (χ4n) is 1.76. The molecule has 1 rings (SSSR count). The van der Waals surface area contributed by atoms with Gasteiger partial charge in [0.2, 0.25) is 0 Å². The molecule has 1 unspecified atom stereocenters. The standard InChI is InChI=1S/C13H19F2NO/c1-3-6-13(2,9-17)16-8-10-7-11(14)4-5-12(10)15/h4-5,7,16-17H,3,6,8-9H2,1-2H3. The number of aliphatic hydroxyl groups excluding tert-OH is 1. The smallest absolute Gasteiger partial charge is 0.127 e. The highest BCUT2D eigenvalue weighted by atomic mass is 19.1. The van der Waals surface area contributed by atoms with Gasteiger partial charge < -0.3 is 10.4 Å². The van der Waals surface area contributed by atoms with Gasteiger partial charge in [-0.2, -0.15) is 0 Å². The Morgan fingerprint density at radius 2 is 2.06 bits per heavy atom. The van der Waals surface area contributed by atoms with Gasteiger partial charge in [0, 0.05) is 17.6 Å². The first-order valence-corrected chi connectivity index (χ1v) is 5.80. The summed E-state index contributed by atoms with van der Waals surface area (Å²) in [5.41, 5.74) is -0.172. The topological polar surface area (TPSA) is 32.3 Å². The molecule has 4 heteroatoms. The number of nitrogens with one attached hydrogen (secondary N) is 1. The molecule has 0 aliphatic rings. The van der Waals surface area contributed by atoms with Crippen LogP contribution in [0.25, 0.3) is 0 Å². The van der Waals surface area contributed by atoms with E-state index in [0.29, 0.717) is 0 Å². The predicted octanol–water partition coefficient (Wildman–Crippen LogP) is 2.61. The zero-order valence-corrected chi connectivity index (χ0v) is 10.3. The lowest BCUT2D eigenvalue weighted by molar-refractivity contribution is 0.163. The van der Waals surface area contributed by atoms with Gasteiger partial charge >= 0.3 is 0 Å². The largest absolute Gasteiger partial charge is 0.394 e. The number of rotatable bonds is 6. The molecule has 2 nitrogen and oxygen atoms in total. The summed E-state index contributed by atoms with van der Waals surface area (Å²) in [7, 11) is 0. The van der Waals surface area contributed by atoms with Crippen LogP contribution in [0, 0.1) is 11.6 Å². The second-order valence-electron chi connectivity index (χ2n) is 4.56. The summed E-state index contributed by atoms with van der Waals surface area (Å²) in [5, 5.41) is 12.4. The van der Waals surface area contributed by atoms with Crippen molar-refractivity contribution < 1.29 is 13.9 Å². The average Bonchev–Trinajstić information content (AvgIpc) is 2.31. The van der Waals surface area contributed by atoms with Crippen molar-refractivity contribution in [2.75, 3.05) is 6.61 Å². The number of aliphatic hydroxyl groups is 1. The fraction of sp³-hybridized carbons (Fsp3) is 0.538. The van der Waals surface area contributed by atoms with Crippen molar-refractivity contribution in [3.8, 4) is 0 Å². The van der Waals surface area contributed by atoms with Crippen LogP contribution >= 0.6 is 0 Å². The third-order valence-corrected chi connectivity index (χ3v) is 2.86. The minimum absolute atomic E-state index is 0.0300. The zero-order chi connectivity index (χ0) is 12.9. The van der Waals surface area contributed by atoms with Gasteiger partial charge in [-0.15, -0.1) is 0 Å². The molecule has 0 aromatic heterocycles. The van der Waals surface area contributed by atoms with Crippen molar-refractivity contribution in [2.45, 2.75) is 38.8 Å². The van der Waals surface area contributed by atoms with Crippen LogP contribution in [0.3, 0.4) is 0 Å². The summed E-state index contributed by atoms with van der Waals surface area (Å²) >= 11 is 0. The Kier molecular flexibility index (Phi) is 5.02. The summed E-state index contributed by atoms with van der Waals surface area (Å²) in [6, 6.07) is 3.38. The summed E-state index contributed by atoms with van der Waals surface area (Å²) in [4.78, 5) is 0. The summed E-state index contributed by atoms with van der Waals surface area (Å²) < 4.78 is 26.3. The van der Waals surface area contributed by atoms with Crippen molar-refractivity contribution in [3.05, 3.63) is 35.4 Å². The molecule has 0 spiro atoms. The van der Waals surface area contributed by atoms with E-state index in [1.807, 2.05) is 13.8 Å². The molecule has 2 N–H and O–H groups in total. The third kappa shape index (κ3) is 4.06. The number of halogens is 2. The first-order chi connectivity index (χ1) is 8.00. The predicted molar refractivity (Wildman–Crippen MR) is 63.6 cm³/mol. The third-order valence-electron chi connectivity index (χ3n) is 2.86. The van der Waals surface area contributed by atoms with E-state index in [4.69, 9.17) is 0 Å². The minimum atomic E-state index is -0.454. The SMILES string of the molecule is CCCC(C)(CO)NCc1cc(F)ccc1F. The van der Waals surface area contributed by atoms with Gasteiger partial charge in [0.25, 0.3) is 0 Å². The van der Waals surface area contributed by atoms with Gasteiger partial charge in [0.05, 0.1) is 6.61 Å². The molecular weight excluding hydrogens is 224 g/mol. The Morgan fingerprint density at radius 3 is 2.65 bits per heavy atom. The first-order valence-electron chi connectivity index (χ1n) is 5.80. The van der Waals surface area contributed by atoms with Gasteiger partial charge in [0.15, 0.2) is 0 Å². The van der Waals surface area contributed by atoms with Crippen LogP contribution in [0.4, 0.5) is 8.78 Å². The molecule has 0 radical (unpaired) electrons. The molecule has 0 heterocycles. The van der Waals surface area contributed by atoms with Crippen molar-refractivity contribution >= 4 is 0 Å². The zero-order valence-electron chi connectivity index (χ0n) is 10.3. The molecule has 0 saturated heterocycles. The van der Waals surface area contributed by atoms with Crippen LogP contribution < -0.4 is 5.32 Å². The Bertz CT molecular complexity index is 370. The van der Waals surface area contributed by atoms with E-state index < -0.39 is 17.2 Å². The van der Waals surface area contributed by atoms with E-state index in [0.717, 1.165) is 25.0 Å². The average molecular weight is 243 g/mol. The Morgan fingerprint density at radius 1 is 1.35 bits per heavy atom. The second kappa shape index (κ2) is 6.07. The lowest BCUT2D eigenvalue weighted by Crippen LogP contribution is -2.45. The molecule has 0 saturated carbocycles. The van der Waals surface area contributed by atoms with Crippen LogP contribution in [0.5, 0.6) is 0 Å². The maximum Gasteiger partial charge on any atom is 0.127 e. The highest BCUT2D eigenvalue weighted by Crippen LogP contribution is 2.15. The van der Waals surface area contributed by atoms with E-state index in [2.05, 4.69) is 5.32 Å². The molecule has 0 aliphatic carbocycles. The lowest BCUT2D eigenvalue weighted by atomic mass is 9.97. The Labute approximate surface area is 101 Å². The van der Waals surface area contributed by atoms with Gasteiger partial charge in [-0.05, 0) is 31.5 Å². The molecule has 0 aliphatic heterocycles. The number of hydrogen-bond donors (Lipinski definition) is 2. The van der Waals surface area contributed by atoms with E-state index >= 15 is 0 Å². The molecule has 1 aromatic carbocycles. The Balaban J connectivity index is 2.68.